The first kappa shape index (κ1) is 47.8. The Balaban J connectivity index is 0.838. The van der Waals surface area contributed by atoms with E-state index in [1.807, 2.05) is 32.9 Å². The lowest BCUT2D eigenvalue weighted by Gasteiger charge is -2.37. The van der Waals surface area contributed by atoms with Gasteiger partial charge in [0.05, 0.1) is 17.7 Å². The fraction of sp³-hybridized carbons (Fsp3) is 0.431. The molecule has 0 aliphatic carbocycles. The summed E-state index contributed by atoms with van der Waals surface area (Å²) in [6.45, 7) is 14.9. The van der Waals surface area contributed by atoms with Gasteiger partial charge in [-0.05, 0) is 105 Å². The van der Waals surface area contributed by atoms with Crippen molar-refractivity contribution in [3.63, 3.8) is 0 Å². The molecule has 4 aliphatic heterocycles. The molecule has 0 saturated carbocycles. The van der Waals surface area contributed by atoms with Gasteiger partial charge in [-0.1, -0.05) is 30.3 Å². The van der Waals surface area contributed by atoms with Crippen LogP contribution in [0.15, 0.2) is 65.5 Å². The summed E-state index contributed by atoms with van der Waals surface area (Å²) in [5, 5.41) is 11.4. The van der Waals surface area contributed by atoms with E-state index in [-0.39, 0.29) is 54.4 Å². The second-order valence-corrected chi connectivity index (χ2v) is 18.1. The lowest BCUT2D eigenvalue weighted by Crippen LogP contribution is -2.54. The summed E-state index contributed by atoms with van der Waals surface area (Å²) >= 11 is 0. The third-order valence-electron chi connectivity index (χ3n) is 13.6. The summed E-state index contributed by atoms with van der Waals surface area (Å²) in [5.74, 6) is -2.60. The predicted octanol–water partition coefficient (Wildman–Crippen LogP) is 3.65. The smallest absolute Gasteiger partial charge is 0.264 e. The number of aromatic nitrogens is 1. The van der Waals surface area contributed by atoms with Crippen LogP contribution in [0, 0.1) is 20.8 Å². The Hall–Kier alpha value is -6.69. The Kier molecular flexibility index (Phi) is 14.8. The van der Waals surface area contributed by atoms with Crippen molar-refractivity contribution in [1.29, 1.82) is 0 Å². The number of nitrogens with zero attached hydrogens (tertiary/aromatic N) is 4. The van der Waals surface area contributed by atoms with E-state index in [1.54, 1.807) is 18.2 Å². The maximum Gasteiger partial charge on any atom is 0.264 e. The summed E-state index contributed by atoms with van der Waals surface area (Å²) < 4.78 is 5.69. The fourth-order valence-electron chi connectivity index (χ4n) is 9.87. The molecule has 0 bridgehead atoms. The summed E-state index contributed by atoms with van der Waals surface area (Å²) in [6, 6.07) is 18.7. The predicted molar refractivity (Wildman–Crippen MR) is 258 cm³/mol. The molecule has 68 heavy (non-hydrogen) atoms. The number of aryl methyl sites for hydroxylation is 2. The van der Waals surface area contributed by atoms with Crippen molar-refractivity contribution in [3.8, 4) is 11.1 Å². The standard InChI is InChI=1S/C51H61N9O8/c1-5-59(37-15-23-68-24-16-37)43-27-36(26-39(33(43)4)47(63)54-28-40-31(2)25-32(3)55-48(40)64)35-11-9-34(10-12-35)29-57-19-21-58(22-20-57)30-45(62)53-18-17-52-41-8-6-7-38-46(41)51(67)60(50(38)66)42-13-14-44(61)56-49(42)65/h6-12,25-27,37,42,52H,5,13-24,28-30H2,1-4H3,(H,53,62)(H,54,63)(H,55,64)(H,56,61,65). The van der Waals surface area contributed by atoms with Gasteiger partial charge in [-0.25, -0.2) is 0 Å². The van der Waals surface area contributed by atoms with E-state index in [2.05, 4.69) is 78.2 Å². The van der Waals surface area contributed by atoms with Gasteiger partial charge in [0.15, 0.2) is 0 Å². The number of carbonyl (C=O) groups excluding carboxylic acids is 6. The SMILES string of the molecule is CCN(c1cc(-c2ccc(CN3CCN(CC(=O)NCCNc4cccc5c4C(=O)N(C4CCC(=O)NC4=O)C5=O)CC3)cc2)cc(C(=O)NCc2c(C)cc(C)[nH]c2=O)c1C)C1CCOCC1. The van der Waals surface area contributed by atoms with E-state index in [4.69, 9.17) is 4.74 Å². The Bertz CT molecular complexity index is 2650. The number of carbonyl (C=O) groups is 6. The van der Waals surface area contributed by atoms with Gasteiger partial charge in [-0.15, -0.1) is 0 Å². The van der Waals surface area contributed by atoms with Crippen LogP contribution < -0.4 is 31.7 Å². The fourth-order valence-corrected chi connectivity index (χ4v) is 9.87. The zero-order valence-corrected chi connectivity index (χ0v) is 39.3. The number of pyridine rings is 1. The highest BCUT2D eigenvalue weighted by molar-refractivity contribution is 6.25. The van der Waals surface area contributed by atoms with E-state index in [9.17, 15) is 33.6 Å². The summed E-state index contributed by atoms with van der Waals surface area (Å²) in [7, 11) is 0. The third kappa shape index (κ3) is 10.5. The molecule has 1 atom stereocenters. The molecule has 17 nitrogen and oxygen atoms in total. The highest BCUT2D eigenvalue weighted by Gasteiger charge is 2.45. The monoisotopic (exact) mass is 927 g/mol. The highest BCUT2D eigenvalue weighted by atomic mass is 16.5. The molecule has 3 saturated heterocycles. The van der Waals surface area contributed by atoms with Gasteiger partial charge in [0, 0.05) is 113 Å². The number of fused-ring (bicyclic) bond motifs is 1. The first-order valence-electron chi connectivity index (χ1n) is 23.6. The molecule has 4 aliphatic rings. The lowest BCUT2D eigenvalue weighted by atomic mass is 9.94. The van der Waals surface area contributed by atoms with Crippen LogP contribution in [0.5, 0.6) is 0 Å². The number of aromatic amines is 1. The van der Waals surface area contributed by atoms with Crippen LogP contribution in [0.3, 0.4) is 0 Å². The first-order valence-corrected chi connectivity index (χ1v) is 23.6. The summed E-state index contributed by atoms with van der Waals surface area (Å²) in [6.07, 6.45) is 1.94. The molecule has 1 aromatic heterocycles. The van der Waals surface area contributed by atoms with Crippen LogP contribution in [0.4, 0.5) is 11.4 Å². The number of nitrogens with one attached hydrogen (secondary N) is 5. The maximum atomic E-state index is 14.0. The minimum atomic E-state index is -1.05. The third-order valence-corrected chi connectivity index (χ3v) is 13.6. The number of anilines is 2. The van der Waals surface area contributed by atoms with Crippen LogP contribution in [-0.2, 0) is 32.2 Å². The Morgan fingerprint density at radius 1 is 0.824 bits per heavy atom. The van der Waals surface area contributed by atoms with Gasteiger partial charge in [0.25, 0.3) is 23.3 Å². The van der Waals surface area contributed by atoms with Crippen molar-refractivity contribution in [1.82, 2.24) is 35.6 Å². The second-order valence-electron chi connectivity index (χ2n) is 18.1. The number of imide groups is 2. The van der Waals surface area contributed by atoms with Crippen LogP contribution in [0.2, 0.25) is 0 Å². The van der Waals surface area contributed by atoms with E-state index >= 15 is 0 Å². The quantitative estimate of drug-likeness (QED) is 0.0808. The number of benzene rings is 3. The molecule has 6 amide bonds. The van der Waals surface area contributed by atoms with E-state index in [0.29, 0.717) is 49.2 Å². The number of ether oxygens (including phenoxy) is 1. The van der Waals surface area contributed by atoms with Crippen molar-refractivity contribution < 1.29 is 33.5 Å². The number of hydrogen-bond donors (Lipinski definition) is 5. The molecular formula is C51H61N9O8. The van der Waals surface area contributed by atoms with E-state index < -0.39 is 29.7 Å². The first-order chi connectivity index (χ1) is 32.8. The number of hydrogen-bond acceptors (Lipinski definition) is 12. The van der Waals surface area contributed by atoms with E-state index in [1.165, 1.54) is 0 Å². The largest absolute Gasteiger partial charge is 0.383 e. The van der Waals surface area contributed by atoms with Crippen molar-refractivity contribution in [2.45, 2.75) is 78.6 Å². The average Bonchev–Trinajstić information content (AvgIpc) is 3.58. The van der Waals surface area contributed by atoms with Crippen molar-refractivity contribution in [2.75, 3.05) is 75.8 Å². The van der Waals surface area contributed by atoms with Crippen molar-refractivity contribution in [2.24, 2.45) is 0 Å². The van der Waals surface area contributed by atoms with Crippen molar-refractivity contribution >= 4 is 46.8 Å². The second kappa shape index (κ2) is 21.1. The average molecular weight is 928 g/mol. The normalized spacial score (nSPS) is 18.1. The Morgan fingerprint density at radius 3 is 2.26 bits per heavy atom. The van der Waals surface area contributed by atoms with Gasteiger partial charge < -0.3 is 30.6 Å². The zero-order valence-electron chi connectivity index (χ0n) is 39.3. The summed E-state index contributed by atoms with van der Waals surface area (Å²) in [5.41, 5.74) is 8.33. The number of piperazine rings is 1. The van der Waals surface area contributed by atoms with Gasteiger partial charge in [-0.3, -0.25) is 53.6 Å². The molecule has 17 heteroatoms. The van der Waals surface area contributed by atoms with Crippen molar-refractivity contribution in [3.05, 3.63) is 116 Å². The molecule has 3 fully saturated rings. The van der Waals surface area contributed by atoms with Gasteiger partial charge in [0.1, 0.15) is 6.04 Å². The number of rotatable bonds is 16. The zero-order chi connectivity index (χ0) is 48.1. The highest BCUT2D eigenvalue weighted by Crippen LogP contribution is 2.35. The number of H-pyrrole nitrogens is 1. The molecule has 8 rings (SSSR count). The number of amides is 6. The molecule has 1 unspecified atom stereocenters. The molecule has 358 valence electrons. The molecule has 4 aromatic rings. The van der Waals surface area contributed by atoms with Crippen LogP contribution in [0.25, 0.3) is 11.1 Å². The van der Waals surface area contributed by atoms with Gasteiger partial charge >= 0.3 is 0 Å². The van der Waals surface area contributed by atoms with Gasteiger partial charge in [0.2, 0.25) is 17.7 Å². The molecular weight excluding hydrogens is 867 g/mol. The van der Waals surface area contributed by atoms with Crippen LogP contribution >= 0.6 is 0 Å². The minimum absolute atomic E-state index is 0.0431. The maximum absolute atomic E-state index is 14.0. The topological polar surface area (TPSA) is 206 Å². The molecule has 3 aromatic carbocycles. The molecule has 0 radical (unpaired) electrons. The lowest BCUT2D eigenvalue weighted by molar-refractivity contribution is -0.136. The van der Waals surface area contributed by atoms with Crippen LogP contribution in [-0.4, -0.2) is 133 Å². The minimum Gasteiger partial charge on any atom is -0.383 e. The number of piperidine rings is 1. The van der Waals surface area contributed by atoms with Gasteiger partial charge in [-0.2, -0.15) is 0 Å². The molecule has 0 spiro atoms. The molecule has 5 heterocycles. The summed E-state index contributed by atoms with van der Waals surface area (Å²) in [4.78, 5) is 101. The Labute approximate surface area is 396 Å². The van der Waals surface area contributed by atoms with E-state index in [0.717, 1.165) is 96.2 Å². The van der Waals surface area contributed by atoms with Crippen LogP contribution in [0.1, 0.15) is 91.6 Å². The molecule has 5 N–H and O–H groups in total. The Morgan fingerprint density at radius 2 is 1.56 bits per heavy atom.